The number of nitrogen functional groups attached to an aromatic ring is 1. The molecule has 0 saturated carbocycles. The number of benzene rings is 1. The summed E-state index contributed by atoms with van der Waals surface area (Å²) in [7, 11) is 0. The van der Waals surface area contributed by atoms with Crippen molar-refractivity contribution in [1.29, 1.82) is 0 Å². The molecular formula is C13H12N4O3. The highest BCUT2D eigenvalue weighted by Crippen LogP contribution is 2.20. The van der Waals surface area contributed by atoms with E-state index in [0.717, 1.165) is 10.9 Å². The number of esters is 1. The number of oxazole rings is 1. The van der Waals surface area contributed by atoms with Crippen molar-refractivity contribution in [3.63, 3.8) is 0 Å². The molecule has 0 spiro atoms. The number of carbonyl (C=O) groups is 1. The second-order valence-corrected chi connectivity index (χ2v) is 4.11. The molecule has 0 radical (unpaired) electrons. The maximum Gasteiger partial charge on any atom is 0.360 e. The first kappa shape index (κ1) is 12.2. The summed E-state index contributed by atoms with van der Waals surface area (Å²) in [6.07, 6.45) is 2.91. The normalized spacial score (nSPS) is 10.8. The second-order valence-electron chi connectivity index (χ2n) is 4.11. The highest BCUT2D eigenvalue weighted by molar-refractivity contribution is 5.87. The van der Waals surface area contributed by atoms with Gasteiger partial charge in [-0.2, -0.15) is 14.8 Å². The minimum absolute atomic E-state index is 0.106. The zero-order chi connectivity index (χ0) is 14.1. The van der Waals surface area contributed by atoms with Crippen molar-refractivity contribution >= 4 is 22.6 Å². The molecule has 0 aliphatic carbocycles. The molecule has 7 heteroatoms. The molecule has 3 aromatic rings. The van der Waals surface area contributed by atoms with Crippen molar-refractivity contribution < 1.29 is 13.9 Å². The maximum absolute atomic E-state index is 11.6. The smallest absolute Gasteiger partial charge is 0.360 e. The van der Waals surface area contributed by atoms with Crippen molar-refractivity contribution in [1.82, 2.24) is 14.8 Å². The third-order valence-electron chi connectivity index (χ3n) is 2.75. The first-order chi connectivity index (χ1) is 9.69. The predicted molar refractivity (Wildman–Crippen MR) is 71.5 cm³/mol. The lowest BCUT2D eigenvalue weighted by molar-refractivity contribution is 0.0519. The van der Waals surface area contributed by atoms with E-state index in [4.69, 9.17) is 14.9 Å². The molecule has 102 valence electrons. The SMILES string of the molecule is CCOC(=O)c1coc(-n2ncc3ccc(N)cc32)n1. The summed E-state index contributed by atoms with van der Waals surface area (Å²) in [4.78, 5) is 15.6. The van der Waals surface area contributed by atoms with Crippen LogP contribution in [0, 0.1) is 0 Å². The Balaban J connectivity index is 2.03. The Morgan fingerprint density at radius 2 is 2.35 bits per heavy atom. The lowest BCUT2D eigenvalue weighted by Crippen LogP contribution is -2.05. The van der Waals surface area contributed by atoms with Crippen molar-refractivity contribution in [2.45, 2.75) is 6.92 Å². The van der Waals surface area contributed by atoms with Gasteiger partial charge in [0.05, 0.1) is 18.3 Å². The van der Waals surface area contributed by atoms with Crippen molar-refractivity contribution in [2.75, 3.05) is 12.3 Å². The molecule has 0 bridgehead atoms. The van der Waals surface area contributed by atoms with E-state index in [1.807, 2.05) is 6.07 Å². The van der Waals surface area contributed by atoms with Gasteiger partial charge in [0.1, 0.15) is 6.26 Å². The predicted octanol–water partition coefficient (Wildman–Crippen LogP) is 1.77. The molecule has 0 aliphatic heterocycles. The van der Waals surface area contributed by atoms with Crippen LogP contribution < -0.4 is 5.73 Å². The van der Waals surface area contributed by atoms with E-state index in [1.54, 1.807) is 25.3 Å². The van der Waals surface area contributed by atoms with Crippen LogP contribution in [0.4, 0.5) is 5.69 Å². The van der Waals surface area contributed by atoms with Gasteiger partial charge >= 0.3 is 12.0 Å². The van der Waals surface area contributed by atoms with Gasteiger partial charge in [-0.3, -0.25) is 0 Å². The lowest BCUT2D eigenvalue weighted by atomic mass is 10.2. The van der Waals surface area contributed by atoms with Gasteiger partial charge in [-0.15, -0.1) is 0 Å². The molecule has 2 heterocycles. The van der Waals surface area contributed by atoms with Gasteiger partial charge in [-0.05, 0) is 25.1 Å². The summed E-state index contributed by atoms with van der Waals surface area (Å²) in [5.41, 5.74) is 7.22. The van der Waals surface area contributed by atoms with Crippen molar-refractivity contribution in [3.05, 3.63) is 36.4 Å². The van der Waals surface area contributed by atoms with E-state index in [2.05, 4.69) is 10.1 Å². The van der Waals surface area contributed by atoms with Gasteiger partial charge in [0.2, 0.25) is 0 Å². The Morgan fingerprint density at radius 3 is 3.15 bits per heavy atom. The van der Waals surface area contributed by atoms with Gasteiger partial charge in [0.25, 0.3) is 0 Å². The number of ether oxygens (including phenoxy) is 1. The van der Waals surface area contributed by atoms with E-state index in [1.165, 1.54) is 10.9 Å². The average Bonchev–Trinajstić information content (AvgIpc) is 3.04. The Hall–Kier alpha value is -2.83. The zero-order valence-electron chi connectivity index (χ0n) is 10.7. The molecule has 3 rings (SSSR count). The first-order valence-corrected chi connectivity index (χ1v) is 6.05. The van der Waals surface area contributed by atoms with Gasteiger partial charge < -0.3 is 14.9 Å². The van der Waals surface area contributed by atoms with Gasteiger partial charge in [-0.25, -0.2) is 4.79 Å². The van der Waals surface area contributed by atoms with Crippen LogP contribution in [0.1, 0.15) is 17.4 Å². The number of carbonyl (C=O) groups excluding carboxylic acids is 1. The van der Waals surface area contributed by atoms with E-state index >= 15 is 0 Å². The largest absolute Gasteiger partial charge is 0.461 e. The maximum atomic E-state index is 11.6. The van der Waals surface area contributed by atoms with E-state index in [9.17, 15) is 4.79 Å². The Labute approximate surface area is 114 Å². The summed E-state index contributed by atoms with van der Waals surface area (Å²) >= 11 is 0. The number of aromatic nitrogens is 3. The average molecular weight is 272 g/mol. The zero-order valence-corrected chi connectivity index (χ0v) is 10.7. The van der Waals surface area contributed by atoms with Crippen LogP contribution in [0.3, 0.4) is 0 Å². The summed E-state index contributed by atoms with van der Waals surface area (Å²) in [5.74, 6) is -0.529. The van der Waals surface area contributed by atoms with E-state index in [-0.39, 0.29) is 18.3 Å². The minimum atomic E-state index is -0.529. The molecule has 2 aromatic heterocycles. The standard InChI is InChI=1S/C13H12N4O3/c1-2-19-12(18)10-7-20-13(16-10)17-11-5-9(14)4-3-8(11)6-15-17/h3-7H,2,14H2,1H3. The fraction of sp³-hybridized carbons (Fsp3) is 0.154. The number of nitrogens with two attached hydrogens (primary N) is 1. The molecule has 0 aliphatic rings. The molecule has 0 amide bonds. The van der Waals surface area contributed by atoms with Gasteiger partial charge in [-0.1, -0.05) is 0 Å². The minimum Gasteiger partial charge on any atom is -0.461 e. The van der Waals surface area contributed by atoms with Crippen LogP contribution in [0.15, 0.2) is 35.1 Å². The fourth-order valence-corrected chi connectivity index (χ4v) is 1.85. The third-order valence-corrected chi connectivity index (χ3v) is 2.75. The van der Waals surface area contributed by atoms with E-state index in [0.29, 0.717) is 5.69 Å². The highest BCUT2D eigenvalue weighted by Gasteiger charge is 2.16. The number of anilines is 1. The Morgan fingerprint density at radius 1 is 1.50 bits per heavy atom. The summed E-state index contributed by atoms with van der Waals surface area (Å²) < 4.78 is 11.6. The van der Waals surface area contributed by atoms with Gasteiger partial charge in [0, 0.05) is 11.1 Å². The molecule has 2 N–H and O–H groups in total. The summed E-state index contributed by atoms with van der Waals surface area (Å²) in [6.45, 7) is 2.00. The second kappa shape index (κ2) is 4.69. The summed E-state index contributed by atoms with van der Waals surface area (Å²) in [5, 5.41) is 5.08. The monoisotopic (exact) mass is 272 g/mol. The fourth-order valence-electron chi connectivity index (χ4n) is 1.85. The quantitative estimate of drug-likeness (QED) is 0.576. The molecule has 0 saturated heterocycles. The number of nitrogens with zero attached hydrogens (tertiary/aromatic N) is 3. The van der Waals surface area contributed by atoms with Crippen LogP contribution in [0.25, 0.3) is 16.9 Å². The van der Waals surface area contributed by atoms with Crippen molar-refractivity contribution in [2.24, 2.45) is 0 Å². The van der Waals surface area contributed by atoms with Gasteiger partial charge in [0.15, 0.2) is 5.69 Å². The van der Waals surface area contributed by atoms with Crippen LogP contribution in [0.5, 0.6) is 0 Å². The molecule has 0 fully saturated rings. The molecule has 0 unspecified atom stereocenters. The molecule has 20 heavy (non-hydrogen) atoms. The highest BCUT2D eigenvalue weighted by atomic mass is 16.5. The number of hydrogen-bond acceptors (Lipinski definition) is 6. The van der Waals surface area contributed by atoms with Crippen LogP contribution in [-0.2, 0) is 4.74 Å². The molecular weight excluding hydrogens is 260 g/mol. The Kier molecular flexibility index (Phi) is 2.86. The molecule has 0 atom stereocenters. The third kappa shape index (κ3) is 1.99. The number of hydrogen-bond donors (Lipinski definition) is 1. The molecule has 1 aromatic carbocycles. The van der Waals surface area contributed by atoms with Crippen molar-refractivity contribution in [3.8, 4) is 6.01 Å². The number of fused-ring (bicyclic) bond motifs is 1. The summed E-state index contributed by atoms with van der Waals surface area (Å²) in [6, 6.07) is 5.59. The van der Waals surface area contributed by atoms with Crippen LogP contribution >= 0.6 is 0 Å². The Bertz CT molecular complexity index is 775. The molecule has 7 nitrogen and oxygen atoms in total. The van der Waals surface area contributed by atoms with Crippen LogP contribution in [0.2, 0.25) is 0 Å². The lowest BCUT2D eigenvalue weighted by Gasteiger charge is -1.98. The van der Waals surface area contributed by atoms with Crippen LogP contribution in [-0.4, -0.2) is 27.3 Å². The topological polar surface area (TPSA) is 96.2 Å². The number of rotatable bonds is 3. The first-order valence-electron chi connectivity index (χ1n) is 6.05. The van der Waals surface area contributed by atoms with E-state index < -0.39 is 5.97 Å².